The number of nitrogens with zero attached hydrogens (tertiary/aromatic N) is 3. The molecule has 0 fully saturated rings. The maximum atomic E-state index is 6.17. The first-order chi connectivity index (χ1) is 10.1. The van der Waals surface area contributed by atoms with E-state index >= 15 is 0 Å². The first-order valence-corrected chi connectivity index (χ1v) is 7.49. The van der Waals surface area contributed by atoms with Crippen LogP contribution >= 0.6 is 11.6 Å². The van der Waals surface area contributed by atoms with Crippen molar-refractivity contribution in [2.45, 2.75) is 26.9 Å². The van der Waals surface area contributed by atoms with Crippen molar-refractivity contribution in [2.75, 3.05) is 18.5 Å². The van der Waals surface area contributed by atoms with Gasteiger partial charge in [0.25, 0.3) is 0 Å². The fourth-order valence-corrected chi connectivity index (χ4v) is 2.35. The average Bonchev–Trinajstić information content (AvgIpc) is 2.47. The number of aromatic nitrogens is 2. The third kappa shape index (κ3) is 4.16. The number of aryl methyl sites for hydroxylation is 1. The van der Waals surface area contributed by atoms with E-state index in [2.05, 4.69) is 27.1 Å². The van der Waals surface area contributed by atoms with Gasteiger partial charge in [0, 0.05) is 18.8 Å². The van der Waals surface area contributed by atoms with Gasteiger partial charge in [0.1, 0.15) is 5.82 Å². The van der Waals surface area contributed by atoms with Gasteiger partial charge in [0.05, 0.1) is 23.0 Å². The predicted molar refractivity (Wildman–Crippen MR) is 87.7 cm³/mol. The molecule has 0 aromatic carbocycles. The third-order valence-electron chi connectivity index (χ3n) is 3.25. The first kappa shape index (κ1) is 15.7. The molecule has 0 saturated heterocycles. The summed E-state index contributed by atoms with van der Waals surface area (Å²) in [5.41, 5.74) is 2.94. The van der Waals surface area contributed by atoms with Crippen LogP contribution in [0, 0.1) is 6.92 Å². The van der Waals surface area contributed by atoms with Crippen molar-refractivity contribution in [1.29, 1.82) is 0 Å². The van der Waals surface area contributed by atoms with Crippen molar-refractivity contribution >= 4 is 17.4 Å². The summed E-state index contributed by atoms with van der Waals surface area (Å²) in [6.45, 7) is 6.39. The largest absolute Gasteiger partial charge is 0.351 e. The molecule has 0 aliphatic heterocycles. The smallest absolute Gasteiger partial charge is 0.129 e. The van der Waals surface area contributed by atoms with E-state index < -0.39 is 0 Å². The van der Waals surface area contributed by atoms with Gasteiger partial charge in [-0.3, -0.25) is 4.98 Å². The van der Waals surface area contributed by atoms with Crippen molar-refractivity contribution < 1.29 is 0 Å². The highest BCUT2D eigenvalue weighted by atomic mass is 35.5. The van der Waals surface area contributed by atoms with E-state index in [-0.39, 0.29) is 0 Å². The molecule has 0 aliphatic rings. The predicted octanol–water partition coefficient (Wildman–Crippen LogP) is 3.18. The molecule has 21 heavy (non-hydrogen) atoms. The topological polar surface area (TPSA) is 41.1 Å². The molecule has 0 unspecified atom stereocenters. The molecule has 0 amide bonds. The van der Waals surface area contributed by atoms with Gasteiger partial charge in [0.15, 0.2) is 0 Å². The summed E-state index contributed by atoms with van der Waals surface area (Å²) in [6, 6.07) is 9.95. The average molecular weight is 305 g/mol. The SMILES string of the molecule is CCN(Cc1cccc(C)n1)c1ccc(Cl)c(CNC)n1. The number of pyridine rings is 2. The van der Waals surface area contributed by atoms with Crippen LogP contribution in [0.25, 0.3) is 0 Å². The molecule has 0 spiro atoms. The molecule has 1 N–H and O–H groups in total. The van der Waals surface area contributed by atoms with Gasteiger partial charge in [-0.15, -0.1) is 0 Å². The lowest BCUT2D eigenvalue weighted by Gasteiger charge is -2.22. The van der Waals surface area contributed by atoms with Gasteiger partial charge < -0.3 is 10.2 Å². The zero-order valence-electron chi connectivity index (χ0n) is 12.7. The normalized spacial score (nSPS) is 10.7. The van der Waals surface area contributed by atoms with Crippen molar-refractivity contribution in [3.63, 3.8) is 0 Å². The Morgan fingerprint density at radius 2 is 2.00 bits per heavy atom. The maximum Gasteiger partial charge on any atom is 0.129 e. The molecule has 2 aromatic heterocycles. The minimum absolute atomic E-state index is 0.660. The van der Waals surface area contributed by atoms with Gasteiger partial charge in [-0.1, -0.05) is 17.7 Å². The lowest BCUT2D eigenvalue weighted by molar-refractivity contribution is 0.761. The van der Waals surface area contributed by atoms with E-state index in [1.54, 1.807) is 0 Å². The number of halogens is 1. The van der Waals surface area contributed by atoms with Crippen LogP contribution in [0.2, 0.25) is 5.02 Å². The van der Waals surface area contributed by atoms with Crippen molar-refractivity contribution in [3.8, 4) is 0 Å². The highest BCUT2D eigenvalue weighted by molar-refractivity contribution is 6.31. The number of hydrogen-bond acceptors (Lipinski definition) is 4. The van der Waals surface area contributed by atoms with E-state index in [0.717, 1.165) is 36.0 Å². The Hall–Kier alpha value is -1.65. The molecule has 0 saturated carbocycles. The highest BCUT2D eigenvalue weighted by Crippen LogP contribution is 2.20. The van der Waals surface area contributed by atoms with E-state index in [1.165, 1.54) is 0 Å². The Morgan fingerprint density at radius 1 is 1.19 bits per heavy atom. The van der Waals surface area contributed by atoms with Crippen molar-refractivity contribution in [2.24, 2.45) is 0 Å². The number of nitrogens with one attached hydrogen (secondary N) is 1. The molecule has 4 nitrogen and oxygen atoms in total. The molecule has 0 aliphatic carbocycles. The summed E-state index contributed by atoms with van der Waals surface area (Å²) in [6.07, 6.45) is 0. The Bertz CT molecular complexity index is 601. The fraction of sp³-hybridized carbons (Fsp3) is 0.375. The van der Waals surface area contributed by atoms with E-state index in [9.17, 15) is 0 Å². The molecule has 112 valence electrons. The van der Waals surface area contributed by atoms with E-state index in [1.807, 2.05) is 44.3 Å². The Morgan fingerprint density at radius 3 is 2.67 bits per heavy atom. The van der Waals surface area contributed by atoms with Gasteiger partial charge >= 0.3 is 0 Å². The second kappa shape index (κ2) is 7.38. The summed E-state index contributed by atoms with van der Waals surface area (Å²) < 4.78 is 0. The number of anilines is 1. The molecule has 2 rings (SSSR count). The molecule has 5 heteroatoms. The Kier molecular flexibility index (Phi) is 5.53. The molecule has 0 atom stereocenters. The van der Waals surface area contributed by atoms with Gasteiger partial charge in [0.2, 0.25) is 0 Å². The zero-order valence-corrected chi connectivity index (χ0v) is 13.5. The number of hydrogen-bond donors (Lipinski definition) is 1. The molecule has 0 bridgehead atoms. The zero-order chi connectivity index (χ0) is 15.2. The third-order valence-corrected chi connectivity index (χ3v) is 3.60. The first-order valence-electron chi connectivity index (χ1n) is 7.11. The minimum atomic E-state index is 0.660. The van der Waals surface area contributed by atoms with Crippen LogP contribution in [0.3, 0.4) is 0 Å². The fourth-order valence-electron chi connectivity index (χ4n) is 2.18. The lowest BCUT2D eigenvalue weighted by Crippen LogP contribution is -2.24. The van der Waals surface area contributed by atoms with Crippen molar-refractivity contribution in [1.82, 2.24) is 15.3 Å². The number of rotatable bonds is 6. The summed E-state index contributed by atoms with van der Waals surface area (Å²) in [5.74, 6) is 0.926. The lowest BCUT2D eigenvalue weighted by atomic mass is 10.2. The monoisotopic (exact) mass is 304 g/mol. The summed E-state index contributed by atoms with van der Waals surface area (Å²) >= 11 is 6.17. The molecular weight excluding hydrogens is 284 g/mol. The standard InChI is InChI=1S/C16H21ClN4/c1-4-21(11-13-7-5-6-12(2)19-13)16-9-8-14(17)15(20-16)10-18-3/h5-9,18H,4,10-11H2,1-3H3. The van der Waals surface area contributed by atoms with Gasteiger partial charge in [-0.2, -0.15) is 0 Å². The van der Waals surface area contributed by atoms with Crippen molar-refractivity contribution in [3.05, 3.63) is 52.4 Å². The van der Waals surface area contributed by atoms with Crippen LogP contribution in [-0.2, 0) is 13.1 Å². The second-order valence-electron chi connectivity index (χ2n) is 4.91. The maximum absolute atomic E-state index is 6.17. The molecular formula is C16H21ClN4. The van der Waals surface area contributed by atoms with Gasteiger partial charge in [-0.05, 0) is 45.2 Å². The Balaban J connectivity index is 2.22. The Labute approximate surface area is 131 Å². The molecule has 0 radical (unpaired) electrons. The van der Waals surface area contributed by atoms with Crippen LogP contribution in [0.1, 0.15) is 24.0 Å². The second-order valence-corrected chi connectivity index (χ2v) is 5.32. The van der Waals surface area contributed by atoms with Crippen LogP contribution in [-0.4, -0.2) is 23.6 Å². The van der Waals surface area contributed by atoms with Gasteiger partial charge in [-0.25, -0.2) is 4.98 Å². The quantitative estimate of drug-likeness (QED) is 0.890. The highest BCUT2D eigenvalue weighted by Gasteiger charge is 2.10. The van der Waals surface area contributed by atoms with Crippen LogP contribution in [0.15, 0.2) is 30.3 Å². The summed E-state index contributed by atoms with van der Waals surface area (Å²) in [5, 5.41) is 3.78. The molecule has 2 heterocycles. The van der Waals surface area contributed by atoms with Crippen LogP contribution in [0.4, 0.5) is 5.82 Å². The van der Waals surface area contributed by atoms with E-state index in [0.29, 0.717) is 11.6 Å². The van der Waals surface area contributed by atoms with Crippen LogP contribution < -0.4 is 10.2 Å². The summed E-state index contributed by atoms with van der Waals surface area (Å²) in [4.78, 5) is 11.4. The summed E-state index contributed by atoms with van der Waals surface area (Å²) in [7, 11) is 1.89. The minimum Gasteiger partial charge on any atom is -0.351 e. The molecule has 2 aromatic rings. The van der Waals surface area contributed by atoms with Crippen LogP contribution in [0.5, 0.6) is 0 Å². The van der Waals surface area contributed by atoms with E-state index in [4.69, 9.17) is 11.6 Å².